The number of ether oxygens (including phenoxy) is 2. The lowest BCUT2D eigenvalue weighted by Crippen LogP contribution is -2.09. The molecule has 0 unspecified atom stereocenters. The van der Waals surface area contributed by atoms with Crippen molar-refractivity contribution in [2.75, 3.05) is 12.4 Å². The molecule has 0 aromatic heterocycles. The van der Waals surface area contributed by atoms with Gasteiger partial charge < -0.3 is 14.8 Å². The Bertz CT molecular complexity index is 788. The van der Waals surface area contributed by atoms with E-state index >= 15 is 0 Å². The summed E-state index contributed by atoms with van der Waals surface area (Å²) in [5.41, 5.74) is 2.96. The van der Waals surface area contributed by atoms with Gasteiger partial charge in [-0.15, -0.1) is 0 Å². The molecule has 2 aromatic rings. The number of hydrogen-bond donors (Lipinski definition) is 1. The molecule has 1 amide bonds. The van der Waals surface area contributed by atoms with Gasteiger partial charge in [0.2, 0.25) is 5.91 Å². The van der Waals surface area contributed by atoms with E-state index in [4.69, 9.17) is 4.74 Å². The van der Waals surface area contributed by atoms with Gasteiger partial charge in [0, 0.05) is 17.3 Å². The lowest BCUT2D eigenvalue weighted by molar-refractivity contribution is -0.111. The molecule has 0 heterocycles. The van der Waals surface area contributed by atoms with E-state index in [1.165, 1.54) is 25.3 Å². The number of alkyl halides is 2. The summed E-state index contributed by atoms with van der Waals surface area (Å²) in [7, 11) is 1.36. The van der Waals surface area contributed by atoms with Crippen molar-refractivity contribution in [1.82, 2.24) is 0 Å². The average molecular weight is 347 g/mol. The first kappa shape index (κ1) is 18.4. The normalized spacial score (nSPS) is 11.0. The van der Waals surface area contributed by atoms with Gasteiger partial charge in [-0.3, -0.25) is 4.79 Å². The van der Waals surface area contributed by atoms with Gasteiger partial charge in [0.15, 0.2) is 11.5 Å². The highest BCUT2D eigenvalue weighted by Crippen LogP contribution is 2.33. The molecule has 0 bridgehead atoms. The van der Waals surface area contributed by atoms with E-state index in [1.54, 1.807) is 12.1 Å². The molecule has 0 atom stereocenters. The minimum absolute atomic E-state index is 0.115. The average Bonchev–Trinajstić information content (AvgIpc) is 2.56. The zero-order valence-electron chi connectivity index (χ0n) is 14.2. The zero-order chi connectivity index (χ0) is 18.4. The number of anilines is 1. The topological polar surface area (TPSA) is 47.6 Å². The van der Waals surface area contributed by atoms with E-state index < -0.39 is 6.61 Å². The number of halogens is 2. The summed E-state index contributed by atoms with van der Waals surface area (Å²) in [6.45, 7) is 0.817. The number of hydrogen-bond acceptors (Lipinski definition) is 3. The van der Waals surface area contributed by atoms with Crippen LogP contribution in [0.15, 0.2) is 42.5 Å². The Kier molecular flexibility index (Phi) is 6.11. The predicted molar refractivity (Wildman–Crippen MR) is 93.2 cm³/mol. The monoisotopic (exact) mass is 347 g/mol. The van der Waals surface area contributed by atoms with Crippen LogP contribution in [-0.4, -0.2) is 19.6 Å². The Balaban J connectivity index is 2.20. The van der Waals surface area contributed by atoms with Gasteiger partial charge in [-0.2, -0.15) is 8.78 Å². The van der Waals surface area contributed by atoms with Crippen LogP contribution in [0.3, 0.4) is 0 Å². The first-order valence-corrected chi connectivity index (χ1v) is 7.59. The maximum atomic E-state index is 12.6. The summed E-state index contributed by atoms with van der Waals surface area (Å²) < 4.78 is 34.7. The maximum Gasteiger partial charge on any atom is 0.387 e. The van der Waals surface area contributed by atoms with E-state index in [1.807, 2.05) is 32.0 Å². The smallest absolute Gasteiger partial charge is 0.387 e. The van der Waals surface area contributed by atoms with Crippen molar-refractivity contribution >= 4 is 17.7 Å². The molecule has 2 rings (SSSR count). The summed E-state index contributed by atoms with van der Waals surface area (Å²) in [5.74, 6) is -0.326. The van der Waals surface area contributed by atoms with Crippen molar-refractivity contribution in [1.29, 1.82) is 0 Å². The molecule has 2 aromatic carbocycles. The molecular weight excluding hydrogens is 328 g/mol. The number of nitrogens with one attached hydrogen (secondary N) is 1. The number of carbonyl (C=O) groups is 1. The fraction of sp³-hybridized carbons (Fsp3) is 0.211. The van der Waals surface area contributed by atoms with Gasteiger partial charge >= 0.3 is 6.61 Å². The highest BCUT2D eigenvalue weighted by Gasteiger charge is 2.14. The molecular formula is C19H19F2NO3. The molecule has 0 radical (unpaired) electrons. The number of para-hydroxylation sites is 1. The van der Waals surface area contributed by atoms with Gasteiger partial charge in [0.1, 0.15) is 0 Å². The molecule has 1 N–H and O–H groups in total. The van der Waals surface area contributed by atoms with Gasteiger partial charge in [-0.05, 0) is 43.2 Å². The van der Waals surface area contributed by atoms with Crippen LogP contribution in [0.2, 0.25) is 0 Å². The number of rotatable bonds is 6. The van der Waals surface area contributed by atoms with E-state index in [-0.39, 0.29) is 17.4 Å². The Hall–Kier alpha value is -2.89. The molecule has 4 nitrogen and oxygen atoms in total. The molecule has 0 saturated carbocycles. The third-order valence-electron chi connectivity index (χ3n) is 3.50. The van der Waals surface area contributed by atoms with Crippen LogP contribution >= 0.6 is 0 Å². The van der Waals surface area contributed by atoms with E-state index in [0.29, 0.717) is 11.3 Å². The summed E-state index contributed by atoms with van der Waals surface area (Å²) in [4.78, 5) is 12.1. The summed E-state index contributed by atoms with van der Waals surface area (Å²) in [6.07, 6.45) is 2.66. The fourth-order valence-corrected chi connectivity index (χ4v) is 2.25. The molecule has 0 aliphatic rings. The summed E-state index contributed by atoms with van der Waals surface area (Å²) in [6, 6.07) is 10.4. The van der Waals surface area contributed by atoms with E-state index in [9.17, 15) is 13.6 Å². The number of amides is 1. The second kappa shape index (κ2) is 8.28. The second-order valence-electron chi connectivity index (χ2n) is 5.40. The minimum Gasteiger partial charge on any atom is -0.493 e. The number of carbonyl (C=O) groups excluding carboxylic acids is 1. The predicted octanol–water partition coefficient (Wildman–Crippen LogP) is 4.57. The van der Waals surface area contributed by atoms with Crippen LogP contribution in [0.25, 0.3) is 6.08 Å². The van der Waals surface area contributed by atoms with Crippen LogP contribution < -0.4 is 14.8 Å². The first-order valence-electron chi connectivity index (χ1n) is 7.59. The third-order valence-corrected chi connectivity index (χ3v) is 3.50. The number of methoxy groups -OCH3 is 1. The Morgan fingerprint density at radius 2 is 1.96 bits per heavy atom. The largest absolute Gasteiger partial charge is 0.493 e. The minimum atomic E-state index is -2.99. The summed E-state index contributed by atoms with van der Waals surface area (Å²) >= 11 is 0. The van der Waals surface area contributed by atoms with Gasteiger partial charge in [-0.25, -0.2) is 0 Å². The first-order chi connectivity index (χ1) is 11.9. The van der Waals surface area contributed by atoms with Crippen LogP contribution in [0.5, 0.6) is 11.5 Å². The van der Waals surface area contributed by atoms with Gasteiger partial charge in [0.25, 0.3) is 0 Å². The molecule has 0 fully saturated rings. The number of aryl methyl sites for hydroxylation is 2. The lowest BCUT2D eigenvalue weighted by Gasteiger charge is -2.12. The highest BCUT2D eigenvalue weighted by molar-refractivity contribution is 6.02. The van der Waals surface area contributed by atoms with Crippen molar-refractivity contribution in [2.24, 2.45) is 0 Å². The van der Waals surface area contributed by atoms with Crippen molar-refractivity contribution in [3.63, 3.8) is 0 Å². The van der Waals surface area contributed by atoms with Crippen LogP contribution in [0.4, 0.5) is 14.5 Å². The quantitative estimate of drug-likeness (QED) is 0.779. The third kappa shape index (κ3) is 5.04. The molecule has 0 saturated heterocycles. The van der Waals surface area contributed by atoms with Crippen molar-refractivity contribution < 1.29 is 23.0 Å². The standard InChI is InChI=1S/C19H19F2NO3/c1-12-7-8-13(2)15(11-12)22-17(23)10-9-14-5-4-6-16(24-3)18(14)25-19(20)21/h4-11,19H,1-3H3,(H,22,23)/b10-9+. The Morgan fingerprint density at radius 3 is 2.64 bits per heavy atom. The Morgan fingerprint density at radius 1 is 1.20 bits per heavy atom. The maximum absolute atomic E-state index is 12.6. The van der Waals surface area contributed by atoms with Crippen molar-refractivity contribution in [3.8, 4) is 11.5 Å². The molecule has 25 heavy (non-hydrogen) atoms. The highest BCUT2D eigenvalue weighted by atomic mass is 19.3. The zero-order valence-corrected chi connectivity index (χ0v) is 14.2. The van der Waals surface area contributed by atoms with Crippen molar-refractivity contribution in [2.45, 2.75) is 20.5 Å². The molecule has 0 aliphatic heterocycles. The van der Waals surface area contributed by atoms with Crippen molar-refractivity contribution in [3.05, 3.63) is 59.2 Å². The SMILES string of the molecule is COc1cccc(/C=C/C(=O)Nc2cc(C)ccc2C)c1OC(F)F. The molecule has 0 aliphatic carbocycles. The van der Waals surface area contributed by atoms with E-state index in [2.05, 4.69) is 10.1 Å². The van der Waals surface area contributed by atoms with Gasteiger partial charge in [-0.1, -0.05) is 24.3 Å². The molecule has 6 heteroatoms. The summed E-state index contributed by atoms with van der Waals surface area (Å²) in [5, 5.41) is 2.76. The van der Waals surface area contributed by atoms with Crippen LogP contribution in [0.1, 0.15) is 16.7 Å². The molecule has 0 spiro atoms. The van der Waals surface area contributed by atoms with Crippen LogP contribution in [0, 0.1) is 13.8 Å². The van der Waals surface area contributed by atoms with E-state index in [0.717, 1.165) is 11.1 Å². The second-order valence-corrected chi connectivity index (χ2v) is 5.40. The van der Waals surface area contributed by atoms with Gasteiger partial charge in [0.05, 0.1) is 7.11 Å². The lowest BCUT2D eigenvalue weighted by atomic mass is 10.1. The Labute approximate surface area is 145 Å². The van der Waals surface area contributed by atoms with Crippen LogP contribution in [-0.2, 0) is 4.79 Å². The fourth-order valence-electron chi connectivity index (χ4n) is 2.25. The molecule has 132 valence electrons. The number of benzene rings is 2.